The van der Waals surface area contributed by atoms with Gasteiger partial charge in [-0.3, -0.25) is 9.69 Å². The van der Waals surface area contributed by atoms with Crippen LogP contribution in [0.5, 0.6) is 0 Å². The van der Waals surface area contributed by atoms with Crippen molar-refractivity contribution in [3.05, 3.63) is 88.1 Å². The number of alkyl halides is 3. The summed E-state index contributed by atoms with van der Waals surface area (Å²) in [5.74, 6) is -0.0904. The predicted octanol–water partition coefficient (Wildman–Crippen LogP) is 5.44. The number of likely N-dealkylation sites (tertiary alicyclic amines) is 1. The Kier molecular flexibility index (Phi) is 6.84. The zero-order valence-electron chi connectivity index (χ0n) is 19.3. The van der Waals surface area contributed by atoms with E-state index in [-0.39, 0.29) is 17.7 Å². The first-order valence-corrected chi connectivity index (χ1v) is 12.8. The number of amides is 1. The number of benzene rings is 2. The molecule has 2 aromatic carbocycles. The van der Waals surface area contributed by atoms with Crippen LogP contribution in [0.1, 0.15) is 26.7 Å². The van der Waals surface area contributed by atoms with E-state index in [4.69, 9.17) is 0 Å². The van der Waals surface area contributed by atoms with Gasteiger partial charge in [-0.15, -0.1) is 11.3 Å². The standard InChI is InChI=1S/C27H28F3N3OS/c28-27(29,30)22-7-4-6-20(16-22)24-19-33(26(34)25-10-5-15-35-25)18-21(24)17-31-11-13-32(14-12-31)23-8-2-1-3-9-23/h1-10,15-16,21,24H,11-14,17-19H2/t21-,24+/m0/s1. The van der Waals surface area contributed by atoms with Gasteiger partial charge in [0.1, 0.15) is 0 Å². The second-order valence-electron chi connectivity index (χ2n) is 9.30. The van der Waals surface area contributed by atoms with Crippen LogP contribution in [0.4, 0.5) is 18.9 Å². The first kappa shape index (κ1) is 23.9. The van der Waals surface area contributed by atoms with Crippen molar-refractivity contribution in [1.82, 2.24) is 9.80 Å². The second-order valence-corrected chi connectivity index (χ2v) is 10.2. The second kappa shape index (κ2) is 10.0. The van der Waals surface area contributed by atoms with Gasteiger partial charge < -0.3 is 9.80 Å². The molecule has 0 bridgehead atoms. The number of carbonyl (C=O) groups excluding carboxylic acids is 1. The maximum Gasteiger partial charge on any atom is 0.416 e. The SMILES string of the molecule is O=C(c1cccs1)N1C[C@H](CN2CCN(c3ccccc3)CC2)[C@@H](c2cccc(C(F)(F)F)c2)C1. The topological polar surface area (TPSA) is 26.8 Å². The van der Waals surface area contributed by atoms with E-state index in [9.17, 15) is 18.0 Å². The maximum atomic E-state index is 13.4. The van der Waals surface area contributed by atoms with E-state index >= 15 is 0 Å². The minimum absolute atomic E-state index is 0.0339. The summed E-state index contributed by atoms with van der Waals surface area (Å²) in [6.07, 6.45) is -4.38. The van der Waals surface area contributed by atoms with Gasteiger partial charge in [0.15, 0.2) is 0 Å². The van der Waals surface area contributed by atoms with Crippen LogP contribution in [0, 0.1) is 5.92 Å². The molecule has 2 aliphatic rings. The fourth-order valence-corrected chi connectivity index (χ4v) is 5.95. The summed E-state index contributed by atoms with van der Waals surface area (Å²) in [6.45, 7) is 5.34. The summed E-state index contributed by atoms with van der Waals surface area (Å²) >= 11 is 1.40. The largest absolute Gasteiger partial charge is 0.416 e. The van der Waals surface area contributed by atoms with Crippen molar-refractivity contribution in [3.63, 3.8) is 0 Å². The molecular formula is C27H28F3N3OS. The Hall–Kier alpha value is -2.84. The highest BCUT2D eigenvalue weighted by molar-refractivity contribution is 7.12. The molecule has 184 valence electrons. The molecule has 2 fully saturated rings. The van der Waals surface area contributed by atoms with Crippen molar-refractivity contribution in [3.8, 4) is 0 Å². The van der Waals surface area contributed by atoms with Crippen molar-refractivity contribution < 1.29 is 18.0 Å². The van der Waals surface area contributed by atoms with Gasteiger partial charge in [0.2, 0.25) is 0 Å². The number of nitrogens with zero attached hydrogens (tertiary/aromatic N) is 3. The highest BCUT2D eigenvalue weighted by Gasteiger charge is 2.39. The van der Waals surface area contributed by atoms with Crippen LogP contribution in [0.15, 0.2) is 72.1 Å². The normalized spacial score (nSPS) is 21.5. The molecule has 0 N–H and O–H groups in total. The Bertz CT molecular complexity index is 1130. The predicted molar refractivity (Wildman–Crippen MR) is 133 cm³/mol. The van der Waals surface area contributed by atoms with Gasteiger partial charge in [0.05, 0.1) is 10.4 Å². The number of hydrogen-bond acceptors (Lipinski definition) is 4. The maximum absolute atomic E-state index is 13.4. The third-order valence-electron chi connectivity index (χ3n) is 7.09. The van der Waals surface area contributed by atoms with Crippen LogP contribution in [0.3, 0.4) is 0 Å². The Morgan fingerprint density at radius 1 is 0.914 bits per heavy atom. The van der Waals surface area contributed by atoms with Gasteiger partial charge in [-0.2, -0.15) is 13.2 Å². The number of rotatable bonds is 5. The van der Waals surface area contributed by atoms with Crippen LogP contribution in [0.25, 0.3) is 0 Å². The van der Waals surface area contributed by atoms with Crippen LogP contribution in [-0.4, -0.2) is 61.5 Å². The van der Waals surface area contributed by atoms with Crippen molar-refractivity contribution in [2.75, 3.05) is 50.7 Å². The smallest absolute Gasteiger partial charge is 0.369 e. The van der Waals surface area contributed by atoms with E-state index in [1.54, 1.807) is 6.07 Å². The zero-order chi connectivity index (χ0) is 24.4. The van der Waals surface area contributed by atoms with Crippen LogP contribution in [0.2, 0.25) is 0 Å². The fourth-order valence-electron chi connectivity index (χ4n) is 5.26. The number of halogens is 3. The summed E-state index contributed by atoms with van der Waals surface area (Å²) in [5, 5.41) is 1.87. The lowest BCUT2D eigenvalue weighted by atomic mass is 9.87. The Morgan fingerprint density at radius 3 is 2.37 bits per heavy atom. The first-order chi connectivity index (χ1) is 16.9. The van der Waals surface area contributed by atoms with Gasteiger partial charge in [0.25, 0.3) is 5.91 Å². The average molecular weight is 500 g/mol. The molecule has 8 heteroatoms. The number of para-hydroxylation sites is 1. The van der Waals surface area contributed by atoms with E-state index in [0.717, 1.165) is 38.8 Å². The highest BCUT2D eigenvalue weighted by Crippen LogP contribution is 2.37. The van der Waals surface area contributed by atoms with Crippen molar-refractivity contribution in [1.29, 1.82) is 0 Å². The third kappa shape index (κ3) is 5.38. The van der Waals surface area contributed by atoms with Gasteiger partial charge in [-0.1, -0.05) is 42.5 Å². The Labute approximate surface area is 207 Å². The Morgan fingerprint density at radius 2 is 1.69 bits per heavy atom. The molecule has 2 aliphatic heterocycles. The number of carbonyl (C=O) groups is 1. The number of piperazine rings is 1. The Balaban J connectivity index is 1.32. The molecule has 35 heavy (non-hydrogen) atoms. The summed E-state index contributed by atoms with van der Waals surface area (Å²) in [7, 11) is 0. The van der Waals surface area contributed by atoms with Gasteiger partial charge in [0, 0.05) is 57.4 Å². The molecular weight excluding hydrogens is 471 g/mol. The van der Waals surface area contributed by atoms with Gasteiger partial charge >= 0.3 is 6.18 Å². The minimum Gasteiger partial charge on any atom is -0.369 e. The highest BCUT2D eigenvalue weighted by atomic mass is 32.1. The van der Waals surface area contributed by atoms with Crippen LogP contribution in [-0.2, 0) is 6.18 Å². The monoisotopic (exact) mass is 499 g/mol. The lowest BCUT2D eigenvalue weighted by Crippen LogP contribution is -2.48. The minimum atomic E-state index is -4.38. The molecule has 5 rings (SSSR count). The summed E-state index contributed by atoms with van der Waals surface area (Å²) in [4.78, 5) is 20.3. The summed E-state index contributed by atoms with van der Waals surface area (Å²) in [5.41, 5.74) is 1.24. The molecule has 1 amide bonds. The lowest BCUT2D eigenvalue weighted by molar-refractivity contribution is -0.137. The molecule has 2 saturated heterocycles. The molecule has 2 atom stereocenters. The van der Waals surface area contributed by atoms with Crippen LogP contribution >= 0.6 is 11.3 Å². The van der Waals surface area contributed by atoms with E-state index in [1.807, 2.05) is 40.6 Å². The molecule has 4 nitrogen and oxygen atoms in total. The average Bonchev–Trinajstić information content (AvgIpc) is 3.55. The molecule has 0 unspecified atom stereocenters. The van der Waals surface area contributed by atoms with Gasteiger partial charge in [-0.25, -0.2) is 0 Å². The van der Waals surface area contributed by atoms with E-state index in [0.29, 0.717) is 23.5 Å². The molecule has 3 heterocycles. The number of anilines is 1. The van der Waals surface area contributed by atoms with Gasteiger partial charge in [-0.05, 0) is 41.1 Å². The fraction of sp³-hybridized carbons (Fsp3) is 0.370. The van der Waals surface area contributed by atoms with Crippen LogP contribution < -0.4 is 4.90 Å². The molecule has 1 aromatic heterocycles. The molecule has 0 saturated carbocycles. The van der Waals surface area contributed by atoms with Crippen molar-refractivity contribution >= 4 is 22.9 Å². The molecule has 3 aromatic rings. The number of hydrogen-bond donors (Lipinski definition) is 0. The zero-order valence-corrected chi connectivity index (χ0v) is 20.1. The summed E-state index contributed by atoms with van der Waals surface area (Å²) < 4.78 is 40.2. The van der Waals surface area contributed by atoms with E-state index < -0.39 is 11.7 Å². The number of thiophene rings is 1. The van der Waals surface area contributed by atoms with Crippen molar-refractivity contribution in [2.45, 2.75) is 12.1 Å². The van der Waals surface area contributed by atoms with E-state index in [1.165, 1.54) is 29.2 Å². The third-order valence-corrected chi connectivity index (χ3v) is 7.95. The molecule has 0 radical (unpaired) electrons. The first-order valence-electron chi connectivity index (χ1n) is 11.9. The quantitative estimate of drug-likeness (QED) is 0.468. The van der Waals surface area contributed by atoms with E-state index in [2.05, 4.69) is 21.9 Å². The molecule has 0 aliphatic carbocycles. The lowest BCUT2D eigenvalue weighted by Gasteiger charge is -2.38. The summed E-state index contributed by atoms with van der Waals surface area (Å²) in [6, 6.07) is 19.6. The molecule has 0 spiro atoms. The van der Waals surface area contributed by atoms with Crippen molar-refractivity contribution in [2.24, 2.45) is 5.92 Å².